The molecule has 1 aromatic carbocycles. The van der Waals surface area contributed by atoms with Gasteiger partial charge in [-0.15, -0.1) is 0 Å². The number of imide groups is 1. The van der Waals surface area contributed by atoms with E-state index in [-0.39, 0.29) is 35.5 Å². The van der Waals surface area contributed by atoms with Gasteiger partial charge in [0.1, 0.15) is 4.90 Å². The Bertz CT molecular complexity index is 733. The lowest BCUT2D eigenvalue weighted by Gasteiger charge is -2.31. The van der Waals surface area contributed by atoms with Crippen LogP contribution in [0, 0.1) is 0 Å². The molecule has 0 atom stereocenters. The van der Waals surface area contributed by atoms with Gasteiger partial charge in [-0.05, 0) is 19.1 Å². The largest absolute Gasteiger partial charge is 0.338 e. The summed E-state index contributed by atoms with van der Waals surface area (Å²) < 4.78 is 26.7. The average molecular weight is 390 g/mol. The number of nitrogens with zero attached hydrogens (tertiary/aromatic N) is 1. The fraction of sp³-hybridized carbons (Fsp3) is 0.467. The predicted octanol–water partition coefficient (Wildman–Crippen LogP) is -0.925. The first-order chi connectivity index (χ1) is 11.8. The summed E-state index contributed by atoms with van der Waals surface area (Å²) in [5.74, 6) is -0.386. The topological polar surface area (TPSA) is 100 Å². The van der Waals surface area contributed by atoms with Gasteiger partial charge in [-0.2, -0.15) is 4.31 Å². The Kier molecular flexibility index (Phi) is 6.77. The van der Waals surface area contributed by atoms with Crippen LogP contribution in [0.15, 0.2) is 29.2 Å². The molecule has 8 nitrogen and oxygen atoms in total. The lowest BCUT2D eigenvalue weighted by atomic mass is 10.3. The van der Waals surface area contributed by atoms with E-state index in [0.29, 0.717) is 19.6 Å². The number of nitrogens with one attached hydrogen (secondary N) is 3. The summed E-state index contributed by atoms with van der Waals surface area (Å²) in [6.07, 6.45) is 0. The zero-order chi connectivity index (χ0) is 18.4. The lowest BCUT2D eigenvalue weighted by Crippen LogP contribution is -3.15. The van der Waals surface area contributed by atoms with E-state index in [1.807, 2.05) is 0 Å². The van der Waals surface area contributed by atoms with Crippen molar-refractivity contribution in [2.75, 3.05) is 39.3 Å². The number of amides is 3. The van der Waals surface area contributed by atoms with Gasteiger partial charge >= 0.3 is 6.03 Å². The van der Waals surface area contributed by atoms with Crippen LogP contribution in [-0.4, -0.2) is 63.9 Å². The molecule has 1 aromatic rings. The van der Waals surface area contributed by atoms with Gasteiger partial charge in [0.25, 0.3) is 5.91 Å². The number of carbonyl (C=O) groups is 2. The van der Waals surface area contributed by atoms with E-state index >= 15 is 0 Å². The fourth-order valence-electron chi connectivity index (χ4n) is 2.62. The number of halogens is 1. The standard InChI is InChI=1S/C15H21ClN4O4S/c1-2-17-15(22)18-14(21)11-19-7-9-20(10-8-19)25(23,24)13-6-4-3-5-12(13)16/h3-6H,2,7-11H2,1H3,(H2,17,18,21,22)/p+1. The van der Waals surface area contributed by atoms with E-state index in [0.717, 1.165) is 4.90 Å². The molecule has 0 saturated carbocycles. The van der Waals surface area contributed by atoms with Crippen molar-refractivity contribution in [2.24, 2.45) is 0 Å². The average Bonchev–Trinajstić information content (AvgIpc) is 2.55. The Morgan fingerprint density at radius 3 is 2.48 bits per heavy atom. The van der Waals surface area contributed by atoms with Crippen molar-refractivity contribution in [3.8, 4) is 0 Å². The smallest absolute Gasteiger partial charge is 0.321 e. The molecule has 0 unspecified atom stereocenters. The number of hydrogen-bond donors (Lipinski definition) is 3. The predicted molar refractivity (Wildman–Crippen MR) is 93.0 cm³/mol. The number of sulfonamides is 1. The number of rotatable bonds is 5. The van der Waals surface area contributed by atoms with Crippen molar-refractivity contribution in [1.82, 2.24) is 14.9 Å². The molecule has 2 rings (SSSR count). The first kappa shape index (κ1) is 19.6. The number of piperazine rings is 1. The molecular formula is C15H22ClN4O4S+. The molecule has 138 valence electrons. The van der Waals surface area contributed by atoms with Gasteiger partial charge in [0.05, 0.1) is 31.2 Å². The van der Waals surface area contributed by atoms with Crippen LogP contribution in [0.25, 0.3) is 0 Å². The summed E-state index contributed by atoms with van der Waals surface area (Å²) in [5, 5.41) is 4.92. The zero-order valence-electron chi connectivity index (χ0n) is 13.9. The monoisotopic (exact) mass is 389 g/mol. The Morgan fingerprint density at radius 1 is 1.24 bits per heavy atom. The molecule has 0 radical (unpaired) electrons. The van der Waals surface area contributed by atoms with E-state index < -0.39 is 16.1 Å². The van der Waals surface area contributed by atoms with Crippen molar-refractivity contribution in [3.63, 3.8) is 0 Å². The van der Waals surface area contributed by atoms with Crippen molar-refractivity contribution >= 4 is 33.6 Å². The van der Waals surface area contributed by atoms with Crippen molar-refractivity contribution in [3.05, 3.63) is 29.3 Å². The molecule has 0 spiro atoms. The first-order valence-corrected chi connectivity index (χ1v) is 9.82. The van der Waals surface area contributed by atoms with Crippen LogP contribution in [-0.2, 0) is 14.8 Å². The molecule has 3 amide bonds. The number of hydrogen-bond acceptors (Lipinski definition) is 4. The maximum Gasteiger partial charge on any atom is 0.321 e. The number of carbonyl (C=O) groups excluding carboxylic acids is 2. The highest BCUT2D eigenvalue weighted by atomic mass is 35.5. The summed E-state index contributed by atoms with van der Waals surface area (Å²) in [7, 11) is -3.65. The van der Waals surface area contributed by atoms with E-state index in [9.17, 15) is 18.0 Å². The van der Waals surface area contributed by atoms with Gasteiger partial charge in [0.2, 0.25) is 10.0 Å². The minimum atomic E-state index is -3.65. The maximum atomic E-state index is 12.7. The quantitative estimate of drug-likeness (QED) is 0.606. The van der Waals surface area contributed by atoms with Gasteiger partial charge in [-0.3, -0.25) is 10.1 Å². The van der Waals surface area contributed by atoms with Crippen molar-refractivity contribution in [1.29, 1.82) is 0 Å². The minimum absolute atomic E-state index is 0.0918. The Morgan fingerprint density at radius 2 is 1.88 bits per heavy atom. The third-order valence-electron chi connectivity index (χ3n) is 3.88. The molecule has 1 heterocycles. The third kappa shape index (κ3) is 5.15. The normalized spacial score (nSPS) is 16.4. The number of quaternary nitrogens is 1. The molecule has 3 N–H and O–H groups in total. The Hall–Kier alpha value is -1.68. The summed E-state index contributed by atoms with van der Waals surface area (Å²) in [6, 6.07) is 5.81. The van der Waals surface area contributed by atoms with E-state index in [1.165, 1.54) is 10.4 Å². The van der Waals surface area contributed by atoms with Crippen LogP contribution in [0.4, 0.5) is 4.79 Å². The van der Waals surface area contributed by atoms with Crippen LogP contribution in [0.1, 0.15) is 6.92 Å². The molecule has 0 bridgehead atoms. The SMILES string of the molecule is CCNC(=O)NC(=O)C[NH+]1CCN(S(=O)(=O)c2ccccc2Cl)CC1. The Labute approximate surface area is 152 Å². The van der Waals surface area contributed by atoms with Gasteiger partial charge in [-0.25, -0.2) is 13.2 Å². The van der Waals surface area contributed by atoms with Crippen LogP contribution in [0.2, 0.25) is 5.02 Å². The van der Waals surface area contributed by atoms with Gasteiger partial charge in [0, 0.05) is 6.54 Å². The highest BCUT2D eigenvalue weighted by molar-refractivity contribution is 7.89. The van der Waals surface area contributed by atoms with Crippen LogP contribution < -0.4 is 15.5 Å². The van der Waals surface area contributed by atoms with Gasteiger partial charge in [-0.1, -0.05) is 23.7 Å². The summed E-state index contributed by atoms with van der Waals surface area (Å²) >= 11 is 6.00. The fourth-order valence-corrected chi connectivity index (χ4v) is 4.55. The molecule has 1 aliphatic rings. The number of benzene rings is 1. The van der Waals surface area contributed by atoms with Crippen LogP contribution in [0.5, 0.6) is 0 Å². The Balaban J connectivity index is 1.90. The molecule has 1 fully saturated rings. The van der Waals surface area contributed by atoms with Gasteiger partial charge in [0.15, 0.2) is 6.54 Å². The van der Waals surface area contributed by atoms with E-state index in [4.69, 9.17) is 11.6 Å². The van der Waals surface area contributed by atoms with Crippen molar-refractivity contribution in [2.45, 2.75) is 11.8 Å². The first-order valence-electron chi connectivity index (χ1n) is 8.00. The molecular weight excluding hydrogens is 368 g/mol. The molecule has 0 aromatic heterocycles. The summed E-state index contributed by atoms with van der Waals surface area (Å²) in [4.78, 5) is 24.1. The van der Waals surface area contributed by atoms with E-state index in [1.54, 1.807) is 25.1 Å². The maximum absolute atomic E-state index is 12.7. The second-order valence-corrected chi connectivity index (χ2v) is 7.98. The zero-order valence-corrected chi connectivity index (χ0v) is 15.5. The molecule has 10 heteroatoms. The third-order valence-corrected chi connectivity index (χ3v) is 6.28. The van der Waals surface area contributed by atoms with Crippen LogP contribution in [0.3, 0.4) is 0 Å². The molecule has 25 heavy (non-hydrogen) atoms. The molecule has 0 aliphatic carbocycles. The molecule has 1 aliphatic heterocycles. The van der Waals surface area contributed by atoms with Gasteiger partial charge < -0.3 is 10.2 Å². The summed E-state index contributed by atoms with van der Waals surface area (Å²) in [5.41, 5.74) is 0. The second-order valence-electron chi connectivity index (χ2n) is 5.67. The summed E-state index contributed by atoms with van der Waals surface area (Å²) in [6.45, 7) is 3.85. The highest BCUT2D eigenvalue weighted by Gasteiger charge is 2.32. The number of urea groups is 1. The second kappa shape index (κ2) is 8.61. The highest BCUT2D eigenvalue weighted by Crippen LogP contribution is 2.23. The minimum Gasteiger partial charge on any atom is -0.338 e. The van der Waals surface area contributed by atoms with Crippen LogP contribution >= 0.6 is 11.6 Å². The van der Waals surface area contributed by atoms with E-state index in [2.05, 4.69) is 10.6 Å². The van der Waals surface area contributed by atoms with Crippen molar-refractivity contribution < 1.29 is 22.9 Å². The lowest BCUT2D eigenvalue weighted by molar-refractivity contribution is -0.895. The molecule has 1 saturated heterocycles.